The predicted molar refractivity (Wildman–Crippen MR) is 78.9 cm³/mol. The van der Waals surface area contributed by atoms with Crippen LogP contribution in [0.15, 0.2) is 24.5 Å². The third kappa shape index (κ3) is 3.81. The minimum Gasteiger partial charge on any atom is -0.480 e. The summed E-state index contributed by atoms with van der Waals surface area (Å²) in [5.74, 6) is -1.28. The molecule has 0 aliphatic carbocycles. The number of hydrogen-bond acceptors (Lipinski definition) is 3. The van der Waals surface area contributed by atoms with E-state index in [1.807, 2.05) is 13.0 Å². The lowest BCUT2D eigenvalue weighted by Crippen LogP contribution is -2.41. The minimum atomic E-state index is -0.989. The number of carbonyl (C=O) groups excluding carboxylic acids is 1. The molecule has 0 aromatic carbocycles. The zero-order valence-electron chi connectivity index (χ0n) is 11.9. The van der Waals surface area contributed by atoms with Crippen molar-refractivity contribution in [3.63, 3.8) is 0 Å². The molecule has 1 amide bonds. The molecule has 0 saturated heterocycles. The van der Waals surface area contributed by atoms with Crippen molar-refractivity contribution in [2.75, 3.05) is 0 Å². The molecule has 0 aliphatic heterocycles. The molecule has 0 bridgehead atoms. The third-order valence-corrected chi connectivity index (χ3v) is 3.37. The topological polar surface area (TPSA) is 95.1 Å². The number of nitrogens with one attached hydrogen (secondary N) is 2. The Balaban J connectivity index is 2.02. The van der Waals surface area contributed by atoms with Crippen LogP contribution in [0.5, 0.6) is 0 Å². The molecule has 0 fully saturated rings. The smallest absolute Gasteiger partial charge is 0.326 e. The van der Waals surface area contributed by atoms with E-state index >= 15 is 0 Å². The van der Waals surface area contributed by atoms with E-state index in [2.05, 4.69) is 15.3 Å². The molecule has 6 heteroatoms. The van der Waals surface area contributed by atoms with Gasteiger partial charge in [0.1, 0.15) is 11.7 Å². The van der Waals surface area contributed by atoms with Crippen LogP contribution in [0.1, 0.15) is 31.7 Å². The predicted octanol–water partition coefficient (Wildman–Crippen LogP) is 1.86. The molecular formula is C15H19N3O3. The molecule has 2 rings (SSSR count). The van der Waals surface area contributed by atoms with Crippen molar-refractivity contribution in [1.29, 1.82) is 0 Å². The molecule has 2 aromatic rings. The molecule has 0 aliphatic rings. The van der Waals surface area contributed by atoms with Gasteiger partial charge in [0, 0.05) is 17.8 Å². The molecule has 21 heavy (non-hydrogen) atoms. The summed E-state index contributed by atoms with van der Waals surface area (Å²) in [6.45, 7) is 1.99. The third-order valence-electron chi connectivity index (χ3n) is 3.37. The molecule has 112 valence electrons. The van der Waals surface area contributed by atoms with Crippen molar-refractivity contribution in [3.8, 4) is 0 Å². The summed E-state index contributed by atoms with van der Waals surface area (Å²) in [5.41, 5.74) is 1.54. The standard InChI is InChI=1S/C15H19N3O3/c1-2-3-6-12(15(20)21)18-13(19)8-10-9-17-14-11(10)5-4-7-16-14/h4-5,7,9,12H,2-3,6,8H2,1H3,(H,16,17)(H,18,19)(H,20,21)/t12-/m0/s1. The number of carboxylic acids is 1. The Labute approximate surface area is 122 Å². The van der Waals surface area contributed by atoms with E-state index in [-0.39, 0.29) is 12.3 Å². The van der Waals surface area contributed by atoms with Crippen LogP contribution >= 0.6 is 0 Å². The van der Waals surface area contributed by atoms with Crippen LogP contribution in [0.3, 0.4) is 0 Å². The second-order valence-electron chi connectivity index (χ2n) is 4.99. The number of aliphatic carboxylic acids is 1. The first-order valence-electron chi connectivity index (χ1n) is 7.05. The Kier molecular flexibility index (Phi) is 4.92. The van der Waals surface area contributed by atoms with Crippen molar-refractivity contribution >= 4 is 22.9 Å². The number of aromatic amines is 1. The zero-order chi connectivity index (χ0) is 15.2. The van der Waals surface area contributed by atoms with Gasteiger partial charge in [0.25, 0.3) is 0 Å². The summed E-state index contributed by atoms with van der Waals surface area (Å²) < 4.78 is 0. The normalized spacial score (nSPS) is 12.2. The van der Waals surface area contributed by atoms with Gasteiger partial charge in [-0.15, -0.1) is 0 Å². The molecular weight excluding hydrogens is 270 g/mol. The van der Waals surface area contributed by atoms with Crippen molar-refractivity contribution in [3.05, 3.63) is 30.1 Å². The van der Waals surface area contributed by atoms with Gasteiger partial charge in [0.15, 0.2) is 0 Å². The van der Waals surface area contributed by atoms with Gasteiger partial charge in [-0.3, -0.25) is 4.79 Å². The SMILES string of the molecule is CCCC[C@H](NC(=O)Cc1c[nH]c2ncccc12)C(=O)O. The van der Waals surface area contributed by atoms with E-state index in [1.165, 1.54) is 0 Å². The number of rotatable bonds is 7. The lowest BCUT2D eigenvalue weighted by molar-refractivity contribution is -0.141. The summed E-state index contributed by atoms with van der Waals surface area (Å²) in [4.78, 5) is 30.3. The Hall–Kier alpha value is -2.37. The maximum absolute atomic E-state index is 12.0. The average Bonchev–Trinajstić information content (AvgIpc) is 2.86. The van der Waals surface area contributed by atoms with E-state index in [9.17, 15) is 9.59 Å². The molecule has 0 spiro atoms. The monoisotopic (exact) mass is 289 g/mol. The quantitative estimate of drug-likeness (QED) is 0.725. The second-order valence-corrected chi connectivity index (χ2v) is 4.99. The van der Waals surface area contributed by atoms with Gasteiger partial charge >= 0.3 is 5.97 Å². The number of carbonyl (C=O) groups is 2. The molecule has 3 N–H and O–H groups in total. The first kappa shape index (κ1) is 15.0. The van der Waals surface area contributed by atoms with Crippen LogP contribution in [-0.2, 0) is 16.0 Å². The Morgan fingerprint density at radius 2 is 2.29 bits per heavy atom. The Morgan fingerprint density at radius 3 is 3.00 bits per heavy atom. The van der Waals surface area contributed by atoms with Crippen LogP contribution < -0.4 is 5.32 Å². The first-order valence-corrected chi connectivity index (χ1v) is 7.05. The number of amides is 1. The highest BCUT2D eigenvalue weighted by Gasteiger charge is 2.19. The zero-order valence-corrected chi connectivity index (χ0v) is 11.9. The van der Waals surface area contributed by atoms with Crippen LogP contribution in [0.25, 0.3) is 11.0 Å². The highest BCUT2D eigenvalue weighted by atomic mass is 16.4. The van der Waals surface area contributed by atoms with Gasteiger partial charge in [-0.1, -0.05) is 19.8 Å². The van der Waals surface area contributed by atoms with Crippen LogP contribution in [0.2, 0.25) is 0 Å². The number of fused-ring (bicyclic) bond motifs is 1. The fourth-order valence-corrected chi connectivity index (χ4v) is 2.24. The maximum Gasteiger partial charge on any atom is 0.326 e. The molecule has 0 unspecified atom stereocenters. The van der Waals surface area contributed by atoms with E-state index < -0.39 is 12.0 Å². The second kappa shape index (κ2) is 6.88. The van der Waals surface area contributed by atoms with Crippen LogP contribution in [0.4, 0.5) is 0 Å². The summed E-state index contributed by atoms with van der Waals surface area (Å²) >= 11 is 0. The van der Waals surface area contributed by atoms with Gasteiger partial charge in [-0.25, -0.2) is 9.78 Å². The number of hydrogen-bond donors (Lipinski definition) is 3. The fraction of sp³-hybridized carbons (Fsp3) is 0.400. The largest absolute Gasteiger partial charge is 0.480 e. The van der Waals surface area contributed by atoms with Crippen molar-refractivity contribution in [2.24, 2.45) is 0 Å². The minimum absolute atomic E-state index is 0.140. The number of unbranched alkanes of at least 4 members (excludes halogenated alkanes) is 1. The molecule has 2 aromatic heterocycles. The van der Waals surface area contributed by atoms with Gasteiger partial charge in [-0.05, 0) is 24.1 Å². The van der Waals surface area contributed by atoms with Crippen LogP contribution in [0, 0.1) is 0 Å². The average molecular weight is 289 g/mol. The fourth-order valence-electron chi connectivity index (χ4n) is 2.24. The molecule has 2 heterocycles. The number of carboxylic acid groups (broad SMARTS) is 1. The van der Waals surface area contributed by atoms with E-state index in [0.29, 0.717) is 6.42 Å². The summed E-state index contributed by atoms with van der Waals surface area (Å²) in [7, 11) is 0. The number of aromatic nitrogens is 2. The van der Waals surface area contributed by atoms with Gasteiger partial charge < -0.3 is 15.4 Å². The molecule has 6 nitrogen and oxygen atoms in total. The first-order chi connectivity index (χ1) is 10.1. The number of pyridine rings is 1. The highest BCUT2D eigenvalue weighted by Crippen LogP contribution is 2.16. The van der Waals surface area contributed by atoms with Gasteiger partial charge in [-0.2, -0.15) is 0 Å². The lowest BCUT2D eigenvalue weighted by Gasteiger charge is -2.13. The lowest BCUT2D eigenvalue weighted by atomic mass is 10.1. The van der Waals surface area contributed by atoms with Crippen molar-refractivity contribution in [2.45, 2.75) is 38.6 Å². The van der Waals surface area contributed by atoms with Gasteiger partial charge in [0.2, 0.25) is 5.91 Å². The Bertz CT molecular complexity index is 636. The molecule has 0 saturated carbocycles. The number of nitrogens with zero attached hydrogens (tertiary/aromatic N) is 1. The summed E-state index contributed by atoms with van der Waals surface area (Å²) in [5, 5.41) is 12.6. The van der Waals surface area contributed by atoms with Crippen molar-refractivity contribution < 1.29 is 14.7 Å². The molecule has 0 radical (unpaired) electrons. The van der Waals surface area contributed by atoms with E-state index in [0.717, 1.165) is 29.4 Å². The summed E-state index contributed by atoms with van der Waals surface area (Å²) in [6.07, 6.45) is 5.67. The van der Waals surface area contributed by atoms with Crippen LogP contribution in [-0.4, -0.2) is 33.0 Å². The number of H-pyrrole nitrogens is 1. The summed E-state index contributed by atoms with van der Waals surface area (Å²) in [6, 6.07) is 2.87. The highest BCUT2D eigenvalue weighted by molar-refractivity contribution is 5.89. The van der Waals surface area contributed by atoms with E-state index in [1.54, 1.807) is 18.5 Å². The van der Waals surface area contributed by atoms with E-state index in [4.69, 9.17) is 5.11 Å². The maximum atomic E-state index is 12.0. The van der Waals surface area contributed by atoms with Gasteiger partial charge in [0.05, 0.1) is 6.42 Å². The molecule has 1 atom stereocenters. The van der Waals surface area contributed by atoms with Crippen molar-refractivity contribution in [1.82, 2.24) is 15.3 Å². The Morgan fingerprint density at radius 1 is 1.48 bits per heavy atom.